The molecule has 0 fully saturated rings. The first kappa shape index (κ1) is 25.0. The molecule has 10 heteroatoms. The van der Waals surface area contributed by atoms with Gasteiger partial charge in [-0.1, -0.05) is 18.2 Å². The number of aliphatic hydroxyl groups is 1. The molecule has 3 aliphatic heterocycles. The van der Waals surface area contributed by atoms with E-state index in [2.05, 4.69) is 0 Å². The second-order valence-corrected chi connectivity index (χ2v) is 10.5. The van der Waals surface area contributed by atoms with Crippen molar-refractivity contribution in [1.82, 2.24) is 0 Å². The number of fused-ring (bicyclic) bond motifs is 8. The smallest absolute Gasteiger partial charge is 0.279 e. The zero-order chi connectivity index (χ0) is 28.6. The number of ether oxygens (including phenoxy) is 4. The van der Waals surface area contributed by atoms with Gasteiger partial charge in [0.15, 0.2) is 34.5 Å². The summed E-state index contributed by atoms with van der Waals surface area (Å²) in [6.45, 7) is 0. The Kier molecular flexibility index (Phi) is 5.36. The molecule has 7 rings (SSSR count). The van der Waals surface area contributed by atoms with Gasteiger partial charge in [0.05, 0.1) is 13.2 Å². The van der Waals surface area contributed by atoms with E-state index < -0.39 is 23.9 Å². The number of benzene rings is 4. The van der Waals surface area contributed by atoms with Gasteiger partial charge in [-0.25, -0.2) is 0 Å². The molecule has 0 spiro atoms. The first-order chi connectivity index (χ1) is 19.7. The molecule has 0 radical (unpaired) electrons. The summed E-state index contributed by atoms with van der Waals surface area (Å²) >= 11 is 0. The van der Waals surface area contributed by atoms with Crippen LogP contribution in [0.2, 0.25) is 0 Å². The molecule has 4 aromatic carbocycles. The highest BCUT2D eigenvalue weighted by Gasteiger charge is 2.53. The van der Waals surface area contributed by atoms with Crippen molar-refractivity contribution in [3.8, 4) is 51.7 Å². The lowest BCUT2D eigenvalue weighted by Gasteiger charge is -2.47. The number of aliphatic hydroxyl groups excluding tert-OH is 1. The van der Waals surface area contributed by atoms with Crippen LogP contribution in [-0.2, 0) is 12.2 Å². The van der Waals surface area contributed by atoms with Crippen molar-refractivity contribution in [2.45, 2.75) is 36.8 Å². The predicted octanol–water partition coefficient (Wildman–Crippen LogP) is 4.42. The van der Waals surface area contributed by atoms with E-state index in [1.54, 1.807) is 18.2 Å². The van der Waals surface area contributed by atoms with E-state index in [0.717, 1.165) is 5.56 Å². The minimum Gasteiger partial charge on any atom is -0.507 e. The van der Waals surface area contributed by atoms with Gasteiger partial charge in [-0.05, 0) is 42.0 Å². The van der Waals surface area contributed by atoms with E-state index >= 15 is 0 Å². The van der Waals surface area contributed by atoms with E-state index in [0.29, 0.717) is 39.5 Å². The largest absolute Gasteiger partial charge is 0.507 e. The Bertz CT molecular complexity index is 1720. The van der Waals surface area contributed by atoms with Crippen molar-refractivity contribution in [3.63, 3.8) is 0 Å². The van der Waals surface area contributed by atoms with Crippen LogP contribution in [0.3, 0.4) is 0 Å². The molecule has 0 saturated heterocycles. The summed E-state index contributed by atoms with van der Waals surface area (Å²) in [7, 11) is 1.53. The van der Waals surface area contributed by atoms with Gasteiger partial charge in [0, 0.05) is 47.1 Å². The molecule has 3 heterocycles. The van der Waals surface area contributed by atoms with E-state index in [4.69, 9.17) is 18.9 Å². The number of phenolic OH excluding ortho intramolecular Hbond substituents is 5. The van der Waals surface area contributed by atoms with Gasteiger partial charge >= 0.3 is 0 Å². The van der Waals surface area contributed by atoms with Gasteiger partial charge < -0.3 is 49.6 Å². The topological polar surface area (TPSA) is 158 Å². The van der Waals surface area contributed by atoms with Crippen molar-refractivity contribution in [1.29, 1.82) is 0 Å². The lowest BCUT2D eigenvalue weighted by molar-refractivity contribution is -0.150. The number of para-hydroxylation sites is 1. The Labute approximate surface area is 233 Å². The summed E-state index contributed by atoms with van der Waals surface area (Å²) in [5.41, 5.74) is 2.70. The number of rotatable bonds is 3. The fraction of sp³-hybridized carbons (Fsp3) is 0.226. The van der Waals surface area contributed by atoms with Crippen molar-refractivity contribution in [2.75, 3.05) is 7.11 Å². The SMILES string of the molecule is COc1cccc2c1O[C@]1(c3ccc(O)c(O)c3)C[C@H]2c2c(cc(O)c3c2O[C@@H](c2ccc(O)c(O)c2)[C@H](O)C3)O1. The molecule has 41 heavy (non-hydrogen) atoms. The molecule has 6 N–H and O–H groups in total. The molecular formula is C31H26O10. The van der Waals surface area contributed by atoms with Crippen LogP contribution in [-0.4, -0.2) is 43.9 Å². The van der Waals surface area contributed by atoms with E-state index in [1.165, 1.54) is 37.4 Å². The molecule has 10 nitrogen and oxygen atoms in total. The zero-order valence-corrected chi connectivity index (χ0v) is 21.7. The quantitative estimate of drug-likeness (QED) is 0.199. The number of methoxy groups -OCH3 is 1. The molecule has 0 aliphatic carbocycles. The Balaban J connectivity index is 1.44. The molecule has 0 amide bonds. The van der Waals surface area contributed by atoms with Crippen LogP contribution < -0.4 is 18.9 Å². The Morgan fingerprint density at radius 1 is 0.805 bits per heavy atom. The summed E-state index contributed by atoms with van der Waals surface area (Å²) in [6.07, 6.45) is -1.66. The molecule has 0 unspecified atom stereocenters. The highest BCUT2D eigenvalue weighted by atomic mass is 16.7. The number of hydrogen-bond acceptors (Lipinski definition) is 10. The molecule has 0 saturated carbocycles. The van der Waals surface area contributed by atoms with E-state index in [1.807, 2.05) is 12.1 Å². The highest BCUT2D eigenvalue weighted by Crippen LogP contribution is 2.61. The summed E-state index contributed by atoms with van der Waals surface area (Å²) < 4.78 is 25.1. The van der Waals surface area contributed by atoms with Crippen molar-refractivity contribution < 1.29 is 49.6 Å². The fourth-order valence-corrected chi connectivity index (χ4v) is 6.11. The van der Waals surface area contributed by atoms with Crippen LogP contribution in [0.4, 0.5) is 0 Å². The molecule has 2 bridgehead atoms. The van der Waals surface area contributed by atoms with Crippen LogP contribution in [0.25, 0.3) is 0 Å². The third-order valence-electron chi connectivity index (χ3n) is 8.08. The van der Waals surface area contributed by atoms with Gasteiger partial charge in [0.25, 0.3) is 5.79 Å². The third kappa shape index (κ3) is 3.67. The van der Waals surface area contributed by atoms with Gasteiger partial charge in [0.2, 0.25) is 0 Å². The lowest BCUT2D eigenvalue weighted by atomic mass is 9.76. The van der Waals surface area contributed by atoms with Crippen LogP contribution in [0.1, 0.15) is 46.3 Å². The first-order valence-electron chi connectivity index (χ1n) is 13.0. The van der Waals surface area contributed by atoms with Crippen molar-refractivity contribution in [3.05, 3.63) is 88.5 Å². The molecular weight excluding hydrogens is 532 g/mol. The number of aromatic hydroxyl groups is 5. The second-order valence-electron chi connectivity index (χ2n) is 10.5. The standard InChI is InChI=1S/C31H26O10/c1-38-25-4-2-3-16-18-13-31(41-29(16)25,15-6-8-20(33)23(36)10-15)40-26-12-21(34)17-11-24(37)28(39-30(17)27(18)26)14-5-7-19(32)22(35)9-14/h2-10,12,18,24,28,32-37H,11,13H2,1H3/t18-,24-,28+,31+/m1/s1. The van der Waals surface area contributed by atoms with Crippen LogP contribution in [0, 0.1) is 0 Å². The minimum atomic E-state index is -1.46. The predicted molar refractivity (Wildman–Crippen MR) is 143 cm³/mol. The van der Waals surface area contributed by atoms with Crippen molar-refractivity contribution >= 4 is 0 Å². The maximum Gasteiger partial charge on any atom is 0.279 e. The third-order valence-corrected chi connectivity index (χ3v) is 8.08. The summed E-state index contributed by atoms with van der Waals surface area (Å²) in [5, 5.41) is 62.2. The molecule has 3 aliphatic rings. The Morgan fingerprint density at radius 2 is 1.56 bits per heavy atom. The Hall–Kier alpha value is -4.96. The highest BCUT2D eigenvalue weighted by molar-refractivity contribution is 5.66. The maximum atomic E-state index is 11.1. The van der Waals surface area contributed by atoms with Crippen LogP contribution in [0.15, 0.2) is 60.7 Å². The molecule has 210 valence electrons. The van der Waals surface area contributed by atoms with E-state index in [9.17, 15) is 30.6 Å². The molecule has 0 aromatic heterocycles. The van der Waals surface area contributed by atoms with Crippen LogP contribution in [0.5, 0.6) is 51.7 Å². The van der Waals surface area contributed by atoms with Gasteiger partial charge in [-0.3, -0.25) is 0 Å². The average Bonchev–Trinajstić information content (AvgIpc) is 2.95. The minimum absolute atomic E-state index is 0.0614. The number of phenols is 5. The molecule has 4 aromatic rings. The average molecular weight is 559 g/mol. The summed E-state index contributed by atoms with van der Waals surface area (Å²) in [4.78, 5) is 0. The summed E-state index contributed by atoms with van der Waals surface area (Å²) in [6, 6.07) is 15.5. The normalized spacial score (nSPS) is 23.6. The zero-order valence-electron chi connectivity index (χ0n) is 21.7. The first-order valence-corrected chi connectivity index (χ1v) is 13.0. The van der Waals surface area contributed by atoms with Gasteiger partial charge in [-0.2, -0.15) is 0 Å². The Morgan fingerprint density at radius 3 is 2.29 bits per heavy atom. The maximum absolute atomic E-state index is 11.1. The van der Waals surface area contributed by atoms with Gasteiger partial charge in [0.1, 0.15) is 23.4 Å². The monoisotopic (exact) mass is 558 g/mol. The number of hydrogen-bond donors (Lipinski definition) is 6. The second kappa shape index (κ2) is 8.77. The van der Waals surface area contributed by atoms with Crippen molar-refractivity contribution in [2.24, 2.45) is 0 Å². The van der Waals surface area contributed by atoms with E-state index in [-0.39, 0.29) is 47.3 Å². The summed E-state index contributed by atoms with van der Waals surface area (Å²) in [5.74, 6) is -1.76. The van der Waals surface area contributed by atoms with Gasteiger partial charge in [-0.15, -0.1) is 0 Å². The lowest BCUT2D eigenvalue weighted by Crippen LogP contribution is -2.47. The van der Waals surface area contributed by atoms with Crippen LogP contribution >= 0.6 is 0 Å². The molecule has 4 atom stereocenters. The fourth-order valence-electron chi connectivity index (χ4n) is 6.11.